The van der Waals surface area contributed by atoms with Gasteiger partial charge in [0.25, 0.3) is 0 Å². The molecule has 0 bridgehead atoms. The Kier molecular flexibility index (Phi) is 3.45. The van der Waals surface area contributed by atoms with E-state index in [0.717, 1.165) is 5.57 Å². The molecule has 0 saturated carbocycles. The maximum atomic E-state index is 6.05. The fourth-order valence-electron chi connectivity index (χ4n) is 1.46. The van der Waals surface area contributed by atoms with E-state index >= 15 is 0 Å². The zero-order valence-corrected chi connectivity index (χ0v) is 11.2. The maximum absolute atomic E-state index is 6.05. The molecule has 0 saturated heterocycles. The summed E-state index contributed by atoms with van der Waals surface area (Å²) in [5.41, 5.74) is 1.54. The third-order valence-electron chi connectivity index (χ3n) is 2.20. The van der Waals surface area contributed by atoms with E-state index < -0.39 is 0 Å². The number of hydrogen-bond acceptors (Lipinski definition) is 2. The van der Waals surface area contributed by atoms with Gasteiger partial charge in [-0.1, -0.05) is 46.4 Å². The van der Waals surface area contributed by atoms with Crippen molar-refractivity contribution >= 4 is 51.6 Å². The summed E-state index contributed by atoms with van der Waals surface area (Å²) in [7, 11) is 0. The quantitative estimate of drug-likeness (QED) is 0.691. The van der Waals surface area contributed by atoms with Crippen molar-refractivity contribution in [3.05, 3.63) is 38.6 Å². The number of aromatic nitrogens is 1. The second kappa shape index (κ2) is 4.53. The third-order valence-corrected chi connectivity index (χ3v) is 3.39. The molecule has 1 unspecified atom stereocenters. The predicted molar refractivity (Wildman–Crippen MR) is 69.1 cm³/mol. The van der Waals surface area contributed by atoms with Crippen LogP contribution < -0.4 is 0 Å². The largest absolute Gasteiger partial charge is 0.259 e. The highest BCUT2D eigenvalue weighted by molar-refractivity contribution is 6.68. The predicted octanol–water partition coefficient (Wildman–Crippen LogP) is 4.68. The highest BCUT2D eigenvalue weighted by Crippen LogP contribution is 2.36. The van der Waals surface area contributed by atoms with Gasteiger partial charge in [-0.25, -0.2) is 4.98 Å². The van der Waals surface area contributed by atoms with Crippen LogP contribution in [0, 0.1) is 0 Å². The molecule has 0 amide bonds. The second-order valence-corrected chi connectivity index (χ2v) is 4.93. The van der Waals surface area contributed by atoms with Gasteiger partial charge in [0.1, 0.15) is 16.4 Å². The lowest BCUT2D eigenvalue weighted by atomic mass is 10.1. The molecule has 0 radical (unpaired) electrons. The van der Waals surface area contributed by atoms with E-state index in [0.29, 0.717) is 20.9 Å². The highest BCUT2D eigenvalue weighted by Gasteiger charge is 2.23. The molecule has 1 aliphatic heterocycles. The first-order chi connectivity index (χ1) is 7.49. The molecule has 1 atom stereocenters. The van der Waals surface area contributed by atoms with Gasteiger partial charge in [0, 0.05) is 0 Å². The molecule has 0 spiro atoms. The van der Waals surface area contributed by atoms with Crippen LogP contribution in [0.4, 0.5) is 0 Å². The molecule has 2 rings (SSSR count). The number of nitrogens with zero attached hydrogens (tertiary/aromatic N) is 2. The number of hydrogen-bond donors (Lipinski definition) is 0. The van der Waals surface area contributed by atoms with Gasteiger partial charge in [0.2, 0.25) is 0 Å². The lowest BCUT2D eigenvalue weighted by molar-refractivity contribution is 0.830. The van der Waals surface area contributed by atoms with Gasteiger partial charge in [-0.3, -0.25) is 4.99 Å². The van der Waals surface area contributed by atoms with Crippen molar-refractivity contribution in [1.29, 1.82) is 0 Å². The molecule has 1 aromatic rings. The number of aliphatic imine (C=N–C) groups is 1. The molecule has 84 valence electrons. The van der Waals surface area contributed by atoms with Gasteiger partial charge in [-0.05, 0) is 24.6 Å². The number of pyridine rings is 1. The van der Waals surface area contributed by atoms with Crippen molar-refractivity contribution < 1.29 is 0 Å². The Bertz CT molecular complexity index is 508. The lowest BCUT2D eigenvalue weighted by Crippen LogP contribution is -1.99. The SMILES string of the molecule is CC1=CC(Cl)=NC1c1nc(Cl)c(Cl)cc1Cl. The topological polar surface area (TPSA) is 25.2 Å². The van der Waals surface area contributed by atoms with E-state index in [1.54, 1.807) is 12.1 Å². The van der Waals surface area contributed by atoms with Crippen LogP contribution in [-0.2, 0) is 0 Å². The monoisotopic (exact) mass is 294 g/mol. The van der Waals surface area contributed by atoms with Crippen LogP contribution in [0.1, 0.15) is 18.7 Å². The fraction of sp³-hybridized carbons (Fsp3) is 0.200. The van der Waals surface area contributed by atoms with E-state index in [4.69, 9.17) is 46.4 Å². The van der Waals surface area contributed by atoms with E-state index in [1.165, 1.54) is 0 Å². The Hall–Kier alpha value is -0.280. The van der Waals surface area contributed by atoms with Crippen LogP contribution in [0.15, 0.2) is 22.7 Å². The normalized spacial score (nSPS) is 19.7. The van der Waals surface area contributed by atoms with Gasteiger partial charge in [-0.2, -0.15) is 0 Å². The smallest absolute Gasteiger partial charge is 0.148 e. The Balaban J connectivity index is 2.50. The summed E-state index contributed by atoms with van der Waals surface area (Å²) in [6.45, 7) is 1.91. The third kappa shape index (κ3) is 2.21. The summed E-state index contributed by atoms with van der Waals surface area (Å²) < 4.78 is 0. The zero-order chi connectivity index (χ0) is 11.9. The van der Waals surface area contributed by atoms with E-state index in [2.05, 4.69) is 9.98 Å². The first kappa shape index (κ1) is 12.2. The van der Waals surface area contributed by atoms with E-state index in [9.17, 15) is 0 Å². The molecule has 0 aromatic carbocycles. The first-order valence-corrected chi connectivity index (χ1v) is 5.93. The van der Waals surface area contributed by atoms with Crippen LogP contribution in [0.2, 0.25) is 15.2 Å². The van der Waals surface area contributed by atoms with Crippen LogP contribution in [0.3, 0.4) is 0 Å². The first-order valence-electron chi connectivity index (χ1n) is 4.42. The molecule has 1 aliphatic rings. The van der Waals surface area contributed by atoms with Gasteiger partial charge in [0.15, 0.2) is 0 Å². The van der Waals surface area contributed by atoms with Crippen LogP contribution in [-0.4, -0.2) is 10.2 Å². The molecule has 2 nitrogen and oxygen atoms in total. The molecule has 6 heteroatoms. The van der Waals surface area contributed by atoms with Crippen molar-refractivity contribution in [3.63, 3.8) is 0 Å². The summed E-state index contributed by atoms with van der Waals surface area (Å²) >= 11 is 23.5. The van der Waals surface area contributed by atoms with Gasteiger partial charge in [-0.15, -0.1) is 0 Å². The Labute approximate surface area is 113 Å². The standard InChI is InChI=1S/C10H6Cl4N2/c1-4-2-7(13)15-8(4)9-5(11)3-6(12)10(14)16-9/h2-3,8H,1H3. The van der Waals surface area contributed by atoms with Crippen LogP contribution in [0.5, 0.6) is 0 Å². The minimum Gasteiger partial charge on any atom is -0.259 e. The van der Waals surface area contributed by atoms with E-state index in [-0.39, 0.29) is 11.2 Å². The number of halogens is 4. The van der Waals surface area contributed by atoms with Gasteiger partial charge in [0.05, 0.1) is 15.7 Å². The molecule has 0 N–H and O–H groups in total. The molecule has 2 heterocycles. The van der Waals surface area contributed by atoms with E-state index in [1.807, 2.05) is 6.92 Å². The molecule has 0 aliphatic carbocycles. The van der Waals surface area contributed by atoms with Crippen LogP contribution in [0.25, 0.3) is 0 Å². The Morgan fingerprint density at radius 3 is 2.38 bits per heavy atom. The van der Waals surface area contributed by atoms with Crippen molar-refractivity contribution in [1.82, 2.24) is 4.98 Å². The fourth-order valence-corrected chi connectivity index (χ4v) is 2.33. The average Bonchev–Trinajstić information content (AvgIpc) is 2.51. The Morgan fingerprint density at radius 1 is 1.12 bits per heavy atom. The van der Waals surface area contributed by atoms with Gasteiger partial charge >= 0.3 is 0 Å². The molecular formula is C10H6Cl4N2. The minimum absolute atomic E-state index is 0.215. The highest BCUT2D eigenvalue weighted by atomic mass is 35.5. The van der Waals surface area contributed by atoms with Crippen LogP contribution >= 0.6 is 46.4 Å². The minimum atomic E-state index is -0.269. The second-order valence-electron chi connectivity index (χ2n) is 3.37. The van der Waals surface area contributed by atoms with Crippen molar-refractivity contribution in [3.8, 4) is 0 Å². The summed E-state index contributed by atoms with van der Waals surface area (Å²) in [5, 5.41) is 1.41. The number of rotatable bonds is 1. The van der Waals surface area contributed by atoms with Crippen molar-refractivity contribution in [2.24, 2.45) is 4.99 Å². The molecular weight excluding hydrogens is 290 g/mol. The molecule has 16 heavy (non-hydrogen) atoms. The Morgan fingerprint density at radius 2 is 1.81 bits per heavy atom. The summed E-state index contributed by atoms with van der Waals surface area (Å²) in [6, 6.07) is 1.29. The number of allylic oxidation sites excluding steroid dienone is 1. The van der Waals surface area contributed by atoms with Gasteiger partial charge < -0.3 is 0 Å². The molecule has 1 aromatic heterocycles. The van der Waals surface area contributed by atoms with Crippen molar-refractivity contribution in [2.45, 2.75) is 13.0 Å². The molecule has 0 fully saturated rings. The average molecular weight is 296 g/mol. The summed E-state index contributed by atoms with van der Waals surface area (Å²) in [6.07, 6.45) is 1.77. The maximum Gasteiger partial charge on any atom is 0.148 e. The summed E-state index contributed by atoms with van der Waals surface area (Å²) in [4.78, 5) is 8.35. The summed E-state index contributed by atoms with van der Waals surface area (Å²) in [5.74, 6) is 0. The lowest BCUT2D eigenvalue weighted by Gasteiger charge is -2.11. The zero-order valence-electron chi connectivity index (χ0n) is 8.14. The van der Waals surface area contributed by atoms with Crippen molar-refractivity contribution in [2.75, 3.05) is 0 Å².